The highest BCUT2D eigenvalue weighted by molar-refractivity contribution is 7.99. The normalized spacial score (nSPS) is 10.7. The fraction of sp³-hybridized carbons (Fsp3) is 0.0870. The van der Waals surface area contributed by atoms with Gasteiger partial charge in [-0.2, -0.15) is 0 Å². The highest BCUT2D eigenvalue weighted by atomic mass is 32.2. The molecule has 150 valence electrons. The van der Waals surface area contributed by atoms with Crippen LogP contribution in [-0.2, 0) is 0 Å². The molecule has 2 N–H and O–H groups in total. The average Bonchev–Trinajstić information content (AvgIpc) is 3.21. The third-order valence-electron chi connectivity index (χ3n) is 4.48. The summed E-state index contributed by atoms with van der Waals surface area (Å²) in [7, 11) is 0. The quantitative estimate of drug-likeness (QED) is 0.408. The van der Waals surface area contributed by atoms with E-state index in [-0.39, 0.29) is 11.7 Å². The Kier molecular flexibility index (Phi) is 5.83. The van der Waals surface area contributed by atoms with Crippen molar-refractivity contribution in [2.24, 2.45) is 0 Å². The van der Waals surface area contributed by atoms with Gasteiger partial charge in [-0.15, -0.1) is 11.3 Å². The van der Waals surface area contributed by atoms with Crippen molar-refractivity contribution in [2.45, 2.75) is 23.6 Å². The SMILES string of the molecule is Cc1cc(-c2csc(NC(=O)c3ccncc3)n2)cc(C)c1Sc1ccc(O)cc1. The predicted octanol–water partition coefficient (Wildman–Crippen LogP) is 5.93. The zero-order valence-electron chi connectivity index (χ0n) is 16.4. The second kappa shape index (κ2) is 8.69. The summed E-state index contributed by atoms with van der Waals surface area (Å²) < 4.78 is 0. The molecule has 4 rings (SSSR count). The van der Waals surface area contributed by atoms with Gasteiger partial charge in [0.05, 0.1) is 5.69 Å². The molecule has 30 heavy (non-hydrogen) atoms. The molecule has 0 atom stereocenters. The Labute approximate surface area is 182 Å². The van der Waals surface area contributed by atoms with Crippen LogP contribution in [-0.4, -0.2) is 21.0 Å². The van der Waals surface area contributed by atoms with E-state index in [9.17, 15) is 9.90 Å². The highest BCUT2D eigenvalue weighted by Gasteiger charge is 2.13. The minimum Gasteiger partial charge on any atom is -0.508 e. The first-order valence-electron chi connectivity index (χ1n) is 9.25. The predicted molar refractivity (Wildman–Crippen MR) is 121 cm³/mol. The van der Waals surface area contributed by atoms with Gasteiger partial charge < -0.3 is 5.11 Å². The van der Waals surface area contributed by atoms with E-state index in [2.05, 4.69) is 41.3 Å². The molecule has 7 heteroatoms. The summed E-state index contributed by atoms with van der Waals surface area (Å²) in [5, 5.41) is 14.8. The third-order valence-corrected chi connectivity index (χ3v) is 6.59. The minimum atomic E-state index is -0.202. The van der Waals surface area contributed by atoms with Gasteiger partial charge in [-0.1, -0.05) is 11.8 Å². The Morgan fingerprint density at radius 3 is 2.37 bits per heavy atom. The summed E-state index contributed by atoms with van der Waals surface area (Å²) in [5.74, 6) is 0.0600. The van der Waals surface area contributed by atoms with Crippen LogP contribution in [0.4, 0.5) is 5.13 Å². The smallest absolute Gasteiger partial charge is 0.257 e. The summed E-state index contributed by atoms with van der Waals surface area (Å²) in [6, 6.07) is 14.8. The number of aromatic nitrogens is 2. The van der Waals surface area contributed by atoms with Gasteiger partial charge in [0.15, 0.2) is 5.13 Å². The van der Waals surface area contributed by atoms with Gasteiger partial charge in [0.25, 0.3) is 5.91 Å². The van der Waals surface area contributed by atoms with E-state index in [1.807, 2.05) is 17.5 Å². The molecule has 2 heterocycles. The molecule has 0 spiro atoms. The zero-order chi connectivity index (χ0) is 21.1. The van der Waals surface area contributed by atoms with E-state index in [0.717, 1.165) is 27.3 Å². The summed E-state index contributed by atoms with van der Waals surface area (Å²) in [6.45, 7) is 4.16. The maximum Gasteiger partial charge on any atom is 0.257 e. The largest absolute Gasteiger partial charge is 0.508 e. The lowest BCUT2D eigenvalue weighted by Gasteiger charge is -2.12. The molecule has 5 nitrogen and oxygen atoms in total. The molecule has 0 unspecified atom stereocenters. The van der Waals surface area contributed by atoms with Gasteiger partial charge >= 0.3 is 0 Å². The number of carbonyl (C=O) groups is 1. The van der Waals surface area contributed by atoms with Crippen molar-refractivity contribution in [1.82, 2.24) is 9.97 Å². The highest BCUT2D eigenvalue weighted by Crippen LogP contribution is 2.37. The van der Waals surface area contributed by atoms with Crippen LogP contribution in [0.2, 0.25) is 0 Å². The molecular formula is C23H19N3O2S2. The van der Waals surface area contributed by atoms with Crippen LogP contribution >= 0.6 is 23.1 Å². The number of aromatic hydroxyl groups is 1. The number of rotatable bonds is 5. The lowest BCUT2D eigenvalue weighted by molar-refractivity contribution is 0.102. The van der Waals surface area contributed by atoms with Crippen LogP contribution in [0.1, 0.15) is 21.5 Å². The first kappa shape index (κ1) is 20.1. The van der Waals surface area contributed by atoms with Gasteiger partial charge in [-0.3, -0.25) is 15.1 Å². The number of hydrogen-bond acceptors (Lipinski definition) is 6. The van der Waals surface area contributed by atoms with E-state index in [1.165, 1.54) is 16.2 Å². The molecule has 0 aliphatic carbocycles. The van der Waals surface area contributed by atoms with Crippen molar-refractivity contribution in [3.63, 3.8) is 0 Å². The van der Waals surface area contributed by atoms with Crippen LogP contribution in [0.15, 0.2) is 76.1 Å². The van der Waals surface area contributed by atoms with Crippen LogP contribution < -0.4 is 5.32 Å². The average molecular weight is 434 g/mol. The number of phenols is 1. The van der Waals surface area contributed by atoms with E-state index in [4.69, 9.17) is 0 Å². The Bertz CT molecular complexity index is 1170. The van der Waals surface area contributed by atoms with Crippen molar-refractivity contribution in [2.75, 3.05) is 5.32 Å². The second-order valence-electron chi connectivity index (χ2n) is 6.76. The van der Waals surface area contributed by atoms with Gasteiger partial charge in [0, 0.05) is 38.7 Å². The van der Waals surface area contributed by atoms with E-state index in [1.54, 1.807) is 48.4 Å². The topological polar surface area (TPSA) is 75.1 Å². The number of benzene rings is 2. The van der Waals surface area contributed by atoms with Crippen molar-refractivity contribution >= 4 is 34.1 Å². The minimum absolute atomic E-state index is 0.202. The molecule has 2 aromatic carbocycles. The van der Waals surface area contributed by atoms with Crippen molar-refractivity contribution in [3.05, 3.63) is 83.0 Å². The van der Waals surface area contributed by atoms with Crippen LogP contribution in [0.3, 0.4) is 0 Å². The number of aryl methyl sites for hydroxylation is 2. The van der Waals surface area contributed by atoms with Crippen molar-refractivity contribution in [3.8, 4) is 17.0 Å². The molecule has 0 aliphatic rings. The molecule has 2 aromatic heterocycles. The molecular weight excluding hydrogens is 414 g/mol. The Morgan fingerprint density at radius 2 is 1.70 bits per heavy atom. The summed E-state index contributed by atoms with van der Waals surface area (Å²) in [5.41, 5.74) is 4.69. The maximum absolute atomic E-state index is 12.3. The van der Waals surface area contributed by atoms with Crippen LogP contribution in [0.25, 0.3) is 11.3 Å². The fourth-order valence-electron chi connectivity index (χ4n) is 3.03. The first-order chi connectivity index (χ1) is 14.5. The standard InChI is InChI=1S/C23H19N3O2S2/c1-14-11-17(12-15(2)21(14)30-19-5-3-18(27)4-6-19)20-13-29-23(25-20)26-22(28)16-7-9-24-10-8-16/h3-13,27H,1-2H3,(H,25,26,28). The first-order valence-corrected chi connectivity index (χ1v) is 10.9. The zero-order valence-corrected chi connectivity index (χ0v) is 18.1. The third kappa shape index (κ3) is 4.53. The van der Waals surface area contributed by atoms with E-state index >= 15 is 0 Å². The number of thiazole rings is 1. The number of carbonyl (C=O) groups excluding carboxylic acids is 1. The van der Waals surface area contributed by atoms with Gasteiger partial charge in [-0.25, -0.2) is 4.98 Å². The van der Waals surface area contributed by atoms with Crippen LogP contribution in [0.5, 0.6) is 5.75 Å². The van der Waals surface area contributed by atoms with E-state index in [0.29, 0.717) is 10.7 Å². The lowest BCUT2D eigenvalue weighted by atomic mass is 10.1. The Balaban J connectivity index is 1.53. The Hall–Kier alpha value is -3.16. The lowest BCUT2D eigenvalue weighted by Crippen LogP contribution is -2.11. The van der Waals surface area contributed by atoms with Gasteiger partial charge in [-0.05, 0) is 73.5 Å². The monoisotopic (exact) mass is 433 g/mol. The van der Waals surface area contributed by atoms with Gasteiger partial charge in [0.1, 0.15) is 5.75 Å². The molecule has 4 aromatic rings. The van der Waals surface area contributed by atoms with E-state index < -0.39 is 0 Å². The van der Waals surface area contributed by atoms with Crippen molar-refractivity contribution < 1.29 is 9.90 Å². The molecule has 0 fully saturated rings. The summed E-state index contributed by atoms with van der Waals surface area (Å²) in [6.07, 6.45) is 3.18. The second-order valence-corrected chi connectivity index (χ2v) is 8.70. The molecule has 0 radical (unpaired) electrons. The number of hydrogen-bond donors (Lipinski definition) is 2. The fourth-order valence-corrected chi connectivity index (χ4v) is 4.69. The summed E-state index contributed by atoms with van der Waals surface area (Å²) in [4.78, 5) is 23.1. The molecule has 0 saturated carbocycles. The molecule has 1 amide bonds. The molecule has 0 aliphatic heterocycles. The number of amides is 1. The number of pyridine rings is 1. The number of phenolic OH excluding ortho intramolecular Hbond substituents is 1. The Morgan fingerprint density at radius 1 is 1.03 bits per heavy atom. The van der Waals surface area contributed by atoms with Gasteiger partial charge in [0.2, 0.25) is 0 Å². The molecule has 0 bridgehead atoms. The molecule has 0 saturated heterocycles. The summed E-state index contributed by atoms with van der Waals surface area (Å²) >= 11 is 3.07. The van der Waals surface area contributed by atoms with Crippen LogP contribution in [0, 0.1) is 13.8 Å². The number of nitrogens with zero attached hydrogens (tertiary/aromatic N) is 2. The van der Waals surface area contributed by atoms with Crippen molar-refractivity contribution in [1.29, 1.82) is 0 Å². The number of nitrogens with one attached hydrogen (secondary N) is 1. The maximum atomic E-state index is 12.3. The number of anilines is 1.